The van der Waals surface area contributed by atoms with Crippen LogP contribution in [0.25, 0.3) is 0 Å². The fraction of sp³-hybridized carbons (Fsp3) is 0.333. The number of aryl methyl sites for hydroxylation is 1. The molecule has 0 amide bonds. The van der Waals surface area contributed by atoms with Gasteiger partial charge in [-0.3, -0.25) is 4.90 Å². The number of para-hydroxylation sites is 2. The van der Waals surface area contributed by atoms with Gasteiger partial charge < -0.3 is 14.4 Å². The van der Waals surface area contributed by atoms with Gasteiger partial charge in [0.15, 0.2) is 0 Å². The van der Waals surface area contributed by atoms with Gasteiger partial charge in [-0.25, -0.2) is 0 Å². The molecule has 0 spiro atoms. The number of piperazine rings is 1. The number of ether oxygens (including phenoxy) is 2. The minimum absolute atomic E-state index is 0.0391. The third-order valence-corrected chi connectivity index (χ3v) is 6.35. The number of anilines is 1. The van der Waals surface area contributed by atoms with Crippen molar-refractivity contribution in [2.75, 3.05) is 44.7 Å². The fourth-order valence-electron chi connectivity index (χ4n) is 4.22. The summed E-state index contributed by atoms with van der Waals surface area (Å²) in [5.41, 5.74) is 3.50. The second kappa shape index (κ2) is 10.8. The first-order valence-electron chi connectivity index (χ1n) is 11.2. The Morgan fingerprint density at radius 1 is 0.875 bits per heavy atom. The molecule has 0 radical (unpaired) electrons. The summed E-state index contributed by atoms with van der Waals surface area (Å²) >= 11 is 6.42. The lowest BCUT2D eigenvalue weighted by Gasteiger charge is -2.37. The molecule has 4 nitrogen and oxygen atoms in total. The summed E-state index contributed by atoms with van der Waals surface area (Å²) in [4.78, 5) is 4.93. The third-order valence-electron chi connectivity index (χ3n) is 6.03. The molecule has 3 aromatic carbocycles. The van der Waals surface area contributed by atoms with Crippen LogP contribution in [0.3, 0.4) is 0 Å². The molecule has 1 saturated heterocycles. The van der Waals surface area contributed by atoms with Gasteiger partial charge in [0.05, 0.1) is 17.8 Å². The molecule has 4 rings (SSSR count). The molecule has 0 aliphatic carbocycles. The number of rotatable bonds is 8. The maximum Gasteiger partial charge on any atom is 0.142 e. The Hall–Kier alpha value is -2.69. The molecular formula is C27H31ClN2O2. The molecule has 1 atom stereocenters. The average Bonchev–Trinajstić information content (AvgIpc) is 2.84. The molecule has 0 N–H and O–H groups in total. The normalized spacial score (nSPS) is 15.4. The van der Waals surface area contributed by atoms with E-state index < -0.39 is 0 Å². The third kappa shape index (κ3) is 5.56. The van der Waals surface area contributed by atoms with E-state index in [1.165, 1.54) is 11.3 Å². The lowest BCUT2D eigenvalue weighted by Crippen LogP contribution is -2.47. The minimum atomic E-state index is -0.0391. The van der Waals surface area contributed by atoms with Gasteiger partial charge in [0.25, 0.3) is 0 Å². The van der Waals surface area contributed by atoms with Crippen LogP contribution in [-0.4, -0.2) is 44.7 Å². The van der Waals surface area contributed by atoms with Gasteiger partial charge in [-0.05, 0) is 42.3 Å². The lowest BCUT2D eigenvalue weighted by atomic mass is 10.1. The van der Waals surface area contributed by atoms with Crippen molar-refractivity contribution in [3.05, 3.63) is 88.9 Å². The van der Waals surface area contributed by atoms with E-state index in [0.29, 0.717) is 5.02 Å². The Morgan fingerprint density at radius 2 is 1.59 bits per heavy atom. The molecule has 1 heterocycles. The highest BCUT2D eigenvalue weighted by molar-refractivity contribution is 6.32. The summed E-state index contributed by atoms with van der Waals surface area (Å²) in [7, 11) is 1.74. The minimum Gasteiger partial charge on any atom is -0.495 e. The standard InChI is InChI=1S/C27H31ClN2O2/c1-21-12-13-23(28)27(20-21)32-25(22-8-4-3-5-9-22)14-15-29-16-18-30(19-17-29)24-10-6-7-11-26(24)31-2/h3-13,20,25H,14-19H2,1-2H3/t25-/m0/s1. The van der Waals surface area contributed by atoms with Crippen LogP contribution in [0.4, 0.5) is 5.69 Å². The van der Waals surface area contributed by atoms with Crippen molar-refractivity contribution < 1.29 is 9.47 Å². The largest absolute Gasteiger partial charge is 0.495 e. The summed E-state index contributed by atoms with van der Waals surface area (Å²) in [5, 5.41) is 0.655. The fourth-order valence-corrected chi connectivity index (χ4v) is 4.38. The van der Waals surface area contributed by atoms with Crippen molar-refractivity contribution >= 4 is 17.3 Å². The van der Waals surface area contributed by atoms with E-state index in [0.717, 1.165) is 56.2 Å². The molecule has 1 aliphatic rings. The number of hydrogen-bond acceptors (Lipinski definition) is 4. The first-order valence-corrected chi connectivity index (χ1v) is 11.6. The highest BCUT2D eigenvalue weighted by Crippen LogP contribution is 2.32. The number of halogens is 1. The number of benzene rings is 3. The maximum absolute atomic E-state index is 6.44. The average molecular weight is 451 g/mol. The van der Waals surface area contributed by atoms with Crippen LogP contribution < -0.4 is 14.4 Å². The van der Waals surface area contributed by atoms with Crippen LogP contribution in [-0.2, 0) is 0 Å². The Morgan fingerprint density at radius 3 is 2.34 bits per heavy atom. The highest BCUT2D eigenvalue weighted by atomic mass is 35.5. The Labute approximate surface area is 196 Å². The Balaban J connectivity index is 1.39. The van der Waals surface area contributed by atoms with Gasteiger partial charge in [0.1, 0.15) is 17.6 Å². The monoisotopic (exact) mass is 450 g/mol. The van der Waals surface area contributed by atoms with Crippen LogP contribution in [0, 0.1) is 6.92 Å². The predicted octanol–water partition coefficient (Wildman–Crippen LogP) is 5.99. The van der Waals surface area contributed by atoms with Crippen molar-refractivity contribution in [1.82, 2.24) is 4.90 Å². The second-order valence-electron chi connectivity index (χ2n) is 8.24. The van der Waals surface area contributed by atoms with Gasteiger partial charge in [-0.2, -0.15) is 0 Å². The van der Waals surface area contributed by atoms with Crippen molar-refractivity contribution in [3.63, 3.8) is 0 Å². The first kappa shape index (κ1) is 22.5. The van der Waals surface area contributed by atoms with E-state index >= 15 is 0 Å². The SMILES string of the molecule is COc1ccccc1N1CCN(CC[C@H](Oc2cc(C)ccc2Cl)c2ccccc2)CC1. The first-order chi connectivity index (χ1) is 15.6. The Kier molecular flexibility index (Phi) is 7.56. The zero-order valence-electron chi connectivity index (χ0n) is 18.8. The van der Waals surface area contributed by atoms with Crippen LogP contribution in [0.15, 0.2) is 72.8 Å². The Bertz CT molecular complexity index is 1000. The smallest absolute Gasteiger partial charge is 0.142 e. The molecule has 0 unspecified atom stereocenters. The number of nitrogens with zero attached hydrogens (tertiary/aromatic N) is 2. The molecule has 5 heteroatoms. The topological polar surface area (TPSA) is 24.9 Å². The van der Waals surface area contributed by atoms with E-state index in [1.54, 1.807) is 7.11 Å². The van der Waals surface area contributed by atoms with Crippen LogP contribution >= 0.6 is 11.6 Å². The van der Waals surface area contributed by atoms with E-state index in [-0.39, 0.29) is 6.10 Å². The molecule has 0 aromatic heterocycles. The van der Waals surface area contributed by atoms with Crippen molar-refractivity contribution in [2.24, 2.45) is 0 Å². The van der Waals surface area contributed by atoms with E-state index in [2.05, 4.69) is 53.1 Å². The highest BCUT2D eigenvalue weighted by Gasteiger charge is 2.22. The molecule has 0 saturated carbocycles. The number of methoxy groups -OCH3 is 1. The summed E-state index contributed by atoms with van der Waals surface area (Å²) in [6, 6.07) is 24.6. The molecule has 1 aliphatic heterocycles. The van der Waals surface area contributed by atoms with Gasteiger partial charge >= 0.3 is 0 Å². The van der Waals surface area contributed by atoms with E-state index in [4.69, 9.17) is 21.1 Å². The predicted molar refractivity (Wildman–Crippen MR) is 132 cm³/mol. The maximum atomic E-state index is 6.44. The van der Waals surface area contributed by atoms with Crippen molar-refractivity contribution in [1.29, 1.82) is 0 Å². The molecule has 32 heavy (non-hydrogen) atoms. The van der Waals surface area contributed by atoms with Gasteiger partial charge in [-0.1, -0.05) is 60.1 Å². The van der Waals surface area contributed by atoms with Crippen LogP contribution in [0.5, 0.6) is 11.5 Å². The summed E-state index contributed by atoms with van der Waals surface area (Å²) < 4.78 is 12.0. The summed E-state index contributed by atoms with van der Waals surface area (Å²) in [5.74, 6) is 1.69. The quantitative estimate of drug-likeness (QED) is 0.421. The molecule has 168 valence electrons. The van der Waals surface area contributed by atoms with Crippen LogP contribution in [0.2, 0.25) is 5.02 Å². The molecular weight excluding hydrogens is 420 g/mol. The van der Waals surface area contributed by atoms with Gasteiger partial charge in [-0.15, -0.1) is 0 Å². The van der Waals surface area contributed by atoms with Gasteiger partial charge in [0, 0.05) is 39.1 Å². The van der Waals surface area contributed by atoms with E-state index in [1.807, 2.05) is 36.4 Å². The molecule has 3 aromatic rings. The van der Waals surface area contributed by atoms with Crippen molar-refractivity contribution in [3.8, 4) is 11.5 Å². The summed E-state index contributed by atoms with van der Waals surface area (Å²) in [6.07, 6.45) is 0.867. The second-order valence-corrected chi connectivity index (χ2v) is 8.65. The van der Waals surface area contributed by atoms with Crippen LogP contribution in [0.1, 0.15) is 23.7 Å². The molecule has 1 fully saturated rings. The van der Waals surface area contributed by atoms with Gasteiger partial charge in [0.2, 0.25) is 0 Å². The zero-order chi connectivity index (χ0) is 22.3. The summed E-state index contributed by atoms with van der Waals surface area (Å²) in [6.45, 7) is 7.04. The van der Waals surface area contributed by atoms with Crippen molar-refractivity contribution in [2.45, 2.75) is 19.4 Å². The van der Waals surface area contributed by atoms with E-state index in [9.17, 15) is 0 Å². The molecule has 0 bridgehead atoms. The number of hydrogen-bond donors (Lipinski definition) is 0. The zero-order valence-corrected chi connectivity index (χ0v) is 19.6. The lowest BCUT2D eigenvalue weighted by molar-refractivity contribution is 0.160.